The number of alkyl halides is 1. The van der Waals surface area contributed by atoms with Gasteiger partial charge in [-0.3, -0.25) is 0 Å². The van der Waals surface area contributed by atoms with Crippen molar-refractivity contribution in [3.8, 4) is 0 Å². The van der Waals surface area contributed by atoms with Crippen molar-refractivity contribution in [2.75, 3.05) is 12.4 Å². The molecule has 1 aromatic heterocycles. The Labute approximate surface area is 94.5 Å². The van der Waals surface area contributed by atoms with E-state index in [9.17, 15) is 8.42 Å². The molecule has 86 valence electrons. The molecule has 0 bridgehead atoms. The zero-order valence-corrected chi connectivity index (χ0v) is 10.3. The van der Waals surface area contributed by atoms with Gasteiger partial charge in [0, 0.05) is 25.2 Å². The van der Waals surface area contributed by atoms with Gasteiger partial charge in [0.25, 0.3) is 10.0 Å². The molecule has 0 radical (unpaired) electrons. The van der Waals surface area contributed by atoms with Crippen LogP contribution >= 0.6 is 11.6 Å². The lowest BCUT2D eigenvalue weighted by molar-refractivity contribution is 0.580. The molecule has 1 aromatic rings. The second kappa shape index (κ2) is 4.96. The second-order valence-corrected chi connectivity index (χ2v) is 5.09. The Hall–Kier alpha value is -0.590. The van der Waals surface area contributed by atoms with Crippen molar-refractivity contribution in [2.24, 2.45) is 0 Å². The van der Waals surface area contributed by atoms with Crippen LogP contribution in [0.25, 0.3) is 0 Å². The maximum Gasteiger partial charge on any atom is 0.259 e. The molecular weight excluding hydrogens is 238 g/mol. The van der Waals surface area contributed by atoms with Crippen LogP contribution in [0.1, 0.15) is 12.7 Å². The lowest BCUT2D eigenvalue weighted by atomic mass is 10.6. The molecule has 1 heterocycles. The van der Waals surface area contributed by atoms with E-state index in [0.717, 1.165) is 0 Å². The van der Waals surface area contributed by atoms with E-state index < -0.39 is 10.0 Å². The van der Waals surface area contributed by atoms with Crippen molar-refractivity contribution < 1.29 is 8.42 Å². The van der Waals surface area contributed by atoms with E-state index in [1.54, 1.807) is 11.5 Å². The zero-order chi connectivity index (χ0) is 11.5. The van der Waals surface area contributed by atoms with Crippen molar-refractivity contribution >= 4 is 21.6 Å². The molecule has 0 aliphatic heterocycles. The molecule has 0 spiro atoms. The fourth-order valence-corrected chi connectivity index (χ4v) is 2.42. The molecule has 0 aliphatic carbocycles. The van der Waals surface area contributed by atoms with E-state index in [1.807, 2.05) is 6.92 Å². The molecule has 0 fully saturated rings. The summed E-state index contributed by atoms with van der Waals surface area (Å²) in [6.07, 6.45) is 1.52. The normalized spacial score (nSPS) is 11.9. The molecule has 1 N–H and O–H groups in total. The predicted molar refractivity (Wildman–Crippen MR) is 58.5 cm³/mol. The predicted octanol–water partition coefficient (Wildman–Crippen LogP) is 0.729. The van der Waals surface area contributed by atoms with Gasteiger partial charge in [-0.2, -0.15) is 0 Å². The fraction of sp³-hybridized carbons (Fsp3) is 0.625. The van der Waals surface area contributed by atoms with Gasteiger partial charge < -0.3 is 4.57 Å². The number of aromatic nitrogens is 2. The van der Waals surface area contributed by atoms with Crippen molar-refractivity contribution in [1.82, 2.24) is 14.3 Å². The number of rotatable bonds is 5. The average molecular weight is 252 g/mol. The summed E-state index contributed by atoms with van der Waals surface area (Å²) in [5, 5.41) is 0.0481. The first-order valence-corrected chi connectivity index (χ1v) is 6.62. The number of sulfonamides is 1. The van der Waals surface area contributed by atoms with E-state index in [1.165, 1.54) is 6.20 Å². The van der Waals surface area contributed by atoms with Crippen LogP contribution in [0.5, 0.6) is 0 Å². The van der Waals surface area contributed by atoms with Gasteiger partial charge in [0.2, 0.25) is 0 Å². The fourth-order valence-electron chi connectivity index (χ4n) is 1.18. The molecule has 7 heteroatoms. The number of imidazole rings is 1. The summed E-state index contributed by atoms with van der Waals surface area (Å²) in [4.78, 5) is 3.98. The Bertz CT molecular complexity index is 427. The summed E-state index contributed by atoms with van der Waals surface area (Å²) < 4.78 is 27.4. The van der Waals surface area contributed by atoms with Crippen LogP contribution in [0.15, 0.2) is 11.2 Å². The van der Waals surface area contributed by atoms with Crippen LogP contribution in [0.4, 0.5) is 0 Å². The quantitative estimate of drug-likeness (QED) is 0.785. The minimum Gasteiger partial charge on any atom is -0.334 e. The number of aryl methyl sites for hydroxylation is 2. The largest absolute Gasteiger partial charge is 0.334 e. The highest BCUT2D eigenvalue weighted by molar-refractivity contribution is 7.89. The lowest BCUT2D eigenvalue weighted by Gasteiger charge is -2.00. The van der Waals surface area contributed by atoms with Gasteiger partial charge in [0.05, 0.1) is 0 Å². The van der Waals surface area contributed by atoms with Crippen LogP contribution < -0.4 is 4.72 Å². The SMILES string of the molecule is CCn1cc(S(=O)(=O)NCCCl)nc1C. The Kier molecular flexibility index (Phi) is 4.12. The van der Waals surface area contributed by atoms with Crippen LogP contribution in [0, 0.1) is 6.92 Å². The first-order chi connectivity index (χ1) is 7.01. The molecule has 0 atom stereocenters. The molecule has 0 saturated carbocycles. The molecule has 0 unspecified atom stereocenters. The molecule has 0 amide bonds. The summed E-state index contributed by atoms with van der Waals surface area (Å²) in [6, 6.07) is 0. The number of hydrogen-bond acceptors (Lipinski definition) is 3. The van der Waals surface area contributed by atoms with E-state index in [2.05, 4.69) is 9.71 Å². The molecule has 15 heavy (non-hydrogen) atoms. The van der Waals surface area contributed by atoms with Crippen LogP contribution in [0.3, 0.4) is 0 Å². The Morgan fingerprint density at radius 1 is 1.60 bits per heavy atom. The molecule has 5 nitrogen and oxygen atoms in total. The number of halogens is 1. The van der Waals surface area contributed by atoms with Crippen molar-refractivity contribution in [3.63, 3.8) is 0 Å². The van der Waals surface area contributed by atoms with Crippen molar-refractivity contribution in [3.05, 3.63) is 12.0 Å². The lowest BCUT2D eigenvalue weighted by Crippen LogP contribution is -2.25. The van der Waals surface area contributed by atoms with Gasteiger partial charge in [-0.15, -0.1) is 11.6 Å². The van der Waals surface area contributed by atoms with E-state index in [-0.39, 0.29) is 17.5 Å². The van der Waals surface area contributed by atoms with Crippen molar-refractivity contribution in [1.29, 1.82) is 0 Å². The number of nitrogens with zero attached hydrogens (tertiary/aromatic N) is 2. The minimum atomic E-state index is -3.50. The average Bonchev–Trinajstić information content (AvgIpc) is 2.57. The van der Waals surface area contributed by atoms with Gasteiger partial charge in [-0.05, 0) is 13.8 Å². The third-order valence-corrected chi connectivity index (χ3v) is 3.48. The van der Waals surface area contributed by atoms with Crippen LogP contribution in [0.2, 0.25) is 0 Å². The number of nitrogens with one attached hydrogen (secondary N) is 1. The summed E-state index contributed by atoms with van der Waals surface area (Å²) in [5.41, 5.74) is 0. The molecule has 0 saturated heterocycles. The summed E-state index contributed by atoms with van der Waals surface area (Å²) >= 11 is 5.41. The van der Waals surface area contributed by atoms with Gasteiger partial charge in [-0.1, -0.05) is 0 Å². The Balaban J connectivity index is 2.95. The maximum absolute atomic E-state index is 11.6. The number of hydrogen-bond donors (Lipinski definition) is 1. The Morgan fingerprint density at radius 2 is 2.27 bits per heavy atom. The molecule has 0 aromatic carbocycles. The third kappa shape index (κ3) is 2.93. The van der Waals surface area contributed by atoms with Gasteiger partial charge >= 0.3 is 0 Å². The topological polar surface area (TPSA) is 64.0 Å². The molecule has 1 rings (SSSR count). The zero-order valence-electron chi connectivity index (χ0n) is 8.70. The highest BCUT2D eigenvalue weighted by atomic mass is 35.5. The summed E-state index contributed by atoms with van der Waals surface area (Å²) in [6.45, 7) is 4.60. The monoisotopic (exact) mass is 251 g/mol. The Morgan fingerprint density at radius 3 is 2.73 bits per heavy atom. The van der Waals surface area contributed by atoms with E-state index in [0.29, 0.717) is 12.4 Å². The smallest absolute Gasteiger partial charge is 0.259 e. The highest BCUT2D eigenvalue weighted by Crippen LogP contribution is 2.08. The van der Waals surface area contributed by atoms with Gasteiger partial charge in [-0.25, -0.2) is 18.1 Å². The summed E-state index contributed by atoms with van der Waals surface area (Å²) in [5.74, 6) is 0.927. The molecular formula is C8H14ClN3O2S. The minimum absolute atomic E-state index is 0.0481. The second-order valence-electron chi connectivity index (χ2n) is 3.00. The van der Waals surface area contributed by atoms with Gasteiger partial charge in [0.1, 0.15) is 5.82 Å². The first-order valence-electron chi connectivity index (χ1n) is 4.60. The standard InChI is InChI=1S/C8H14ClN3O2S/c1-3-12-6-8(11-7(12)2)15(13,14)10-5-4-9/h6,10H,3-5H2,1-2H3. The van der Waals surface area contributed by atoms with Crippen molar-refractivity contribution in [2.45, 2.75) is 25.4 Å². The maximum atomic E-state index is 11.6. The van der Waals surface area contributed by atoms with E-state index >= 15 is 0 Å². The van der Waals surface area contributed by atoms with E-state index in [4.69, 9.17) is 11.6 Å². The third-order valence-electron chi connectivity index (χ3n) is 1.96. The molecule has 0 aliphatic rings. The summed E-state index contributed by atoms with van der Waals surface area (Å²) in [7, 11) is -3.50. The first kappa shape index (κ1) is 12.5. The van der Waals surface area contributed by atoms with Gasteiger partial charge in [0.15, 0.2) is 5.03 Å². The van der Waals surface area contributed by atoms with Crippen LogP contribution in [-0.2, 0) is 16.6 Å². The van der Waals surface area contributed by atoms with Crippen LogP contribution in [-0.4, -0.2) is 30.4 Å². The highest BCUT2D eigenvalue weighted by Gasteiger charge is 2.17.